The van der Waals surface area contributed by atoms with E-state index in [-0.39, 0.29) is 61.4 Å². The summed E-state index contributed by atoms with van der Waals surface area (Å²) >= 11 is 0. The van der Waals surface area contributed by atoms with Crippen LogP contribution in [0.3, 0.4) is 0 Å². The fourth-order valence-electron chi connectivity index (χ4n) is 7.38. The van der Waals surface area contributed by atoms with Crippen LogP contribution in [-0.2, 0) is 12.4 Å². The summed E-state index contributed by atoms with van der Waals surface area (Å²) in [5.74, 6) is -3.08. The Morgan fingerprint density at radius 3 is 1.31 bits per heavy atom. The van der Waals surface area contributed by atoms with E-state index in [9.17, 15) is 45.5 Å². The third kappa shape index (κ3) is 6.13. The molecule has 6 aromatic rings. The van der Waals surface area contributed by atoms with Crippen molar-refractivity contribution in [1.29, 1.82) is 0 Å². The predicted molar refractivity (Wildman–Crippen MR) is 206 cm³/mol. The second-order valence-electron chi connectivity index (χ2n) is 14.0. The fourth-order valence-corrected chi connectivity index (χ4v) is 7.38. The van der Waals surface area contributed by atoms with Crippen LogP contribution in [0.5, 0.6) is 0 Å². The molecule has 2 aliphatic rings. The zero-order valence-corrected chi connectivity index (χ0v) is 30.3. The molecule has 0 aromatic heterocycles. The van der Waals surface area contributed by atoms with Gasteiger partial charge >= 0.3 is 12.4 Å². The molecule has 290 valence electrons. The molecule has 14 heteroatoms. The van der Waals surface area contributed by atoms with E-state index < -0.39 is 52.8 Å². The third-order valence-electron chi connectivity index (χ3n) is 10.4. The van der Waals surface area contributed by atoms with Gasteiger partial charge in [0.05, 0.1) is 44.8 Å². The normalized spacial score (nSPS) is 14.1. The van der Waals surface area contributed by atoms with Crippen LogP contribution < -0.4 is 21.3 Å². The van der Waals surface area contributed by atoms with E-state index in [1.165, 1.54) is 67.6 Å². The van der Waals surface area contributed by atoms with Crippen molar-refractivity contribution >= 4 is 46.4 Å². The molecule has 58 heavy (non-hydrogen) atoms. The summed E-state index contributed by atoms with van der Waals surface area (Å²) in [6.07, 6.45) is -9.67. The van der Waals surface area contributed by atoms with Crippen LogP contribution in [0.2, 0.25) is 0 Å². The Kier molecular flexibility index (Phi) is 8.57. The van der Waals surface area contributed by atoms with Gasteiger partial charge in [0.2, 0.25) is 0 Å². The minimum Gasteiger partial charge on any atom is -0.399 e. The summed E-state index contributed by atoms with van der Waals surface area (Å²) in [4.78, 5) is 55.8. The molecule has 6 aromatic carbocycles. The van der Waals surface area contributed by atoms with E-state index >= 15 is 0 Å². The van der Waals surface area contributed by atoms with Crippen molar-refractivity contribution in [3.8, 4) is 33.4 Å². The van der Waals surface area contributed by atoms with Gasteiger partial charge in [0.1, 0.15) is 0 Å². The molecule has 0 saturated heterocycles. The maximum Gasteiger partial charge on any atom is 0.418 e. The van der Waals surface area contributed by atoms with Gasteiger partial charge in [0.15, 0.2) is 0 Å². The molecule has 0 aliphatic carbocycles. The number of nitrogen functional groups attached to an aromatic ring is 2. The average molecular weight is 791 g/mol. The lowest BCUT2D eigenvalue weighted by Gasteiger charge is -2.21. The lowest BCUT2D eigenvalue weighted by Crippen LogP contribution is -2.29. The predicted octanol–water partition coefficient (Wildman–Crippen LogP) is 10.1. The summed E-state index contributed by atoms with van der Waals surface area (Å²) in [6, 6.07) is 24.3. The smallest absolute Gasteiger partial charge is 0.399 e. The maximum absolute atomic E-state index is 14.8. The highest BCUT2D eigenvalue weighted by molar-refractivity contribution is 6.35. The lowest BCUT2D eigenvalue weighted by atomic mass is 9.94. The van der Waals surface area contributed by atoms with Crippen LogP contribution in [0.1, 0.15) is 63.7 Å². The number of aryl methyl sites for hydroxylation is 2. The Morgan fingerprint density at radius 1 is 0.397 bits per heavy atom. The van der Waals surface area contributed by atoms with Crippen LogP contribution in [0.25, 0.3) is 33.4 Å². The lowest BCUT2D eigenvalue weighted by molar-refractivity contribution is -0.137. The maximum atomic E-state index is 14.8. The quantitative estimate of drug-likeness (QED) is 0.102. The van der Waals surface area contributed by atoms with Crippen LogP contribution in [0.4, 0.5) is 49.1 Å². The summed E-state index contributed by atoms with van der Waals surface area (Å²) in [5, 5.41) is 0. The molecule has 0 bridgehead atoms. The van der Waals surface area contributed by atoms with Crippen molar-refractivity contribution in [2.75, 3.05) is 21.3 Å². The number of nitrogens with two attached hydrogens (primary N) is 2. The SMILES string of the molecule is Cc1cc(-c2ccc3c(c2)C(=O)N(c2ccc(-c4ccc(N5C(=O)c6ccc(-c7ccc(N)c(C(F)(F)F)c7)cc6C5=O)cc4C)c(C(F)(F)F)c2)C3=O)ccc1N. The van der Waals surface area contributed by atoms with Gasteiger partial charge in [-0.25, -0.2) is 9.80 Å². The molecule has 0 radical (unpaired) electrons. The van der Waals surface area contributed by atoms with Crippen molar-refractivity contribution in [2.24, 2.45) is 0 Å². The zero-order valence-electron chi connectivity index (χ0n) is 30.3. The number of halogens is 6. The first-order chi connectivity index (χ1) is 27.3. The van der Waals surface area contributed by atoms with Crippen molar-refractivity contribution in [3.05, 3.63) is 154 Å². The Balaban J connectivity index is 1.09. The summed E-state index contributed by atoms with van der Waals surface area (Å²) in [7, 11) is 0. The number of alkyl halides is 6. The molecule has 0 atom stereocenters. The first kappa shape index (κ1) is 37.7. The van der Waals surface area contributed by atoms with E-state index in [0.717, 1.165) is 40.3 Å². The van der Waals surface area contributed by atoms with Crippen molar-refractivity contribution in [1.82, 2.24) is 0 Å². The number of anilines is 4. The van der Waals surface area contributed by atoms with Crippen LogP contribution in [0, 0.1) is 13.8 Å². The summed E-state index contributed by atoms with van der Waals surface area (Å²) in [5.41, 5.74) is 11.6. The highest BCUT2D eigenvalue weighted by Crippen LogP contribution is 2.44. The molecule has 4 amide bonds. The van der Waals surface area contributed by atoms with E-state index in [2.05, 4.69) is 0 Å². The molecule has 8 nitrogen and oxygen atoms in total. The standard InChI is InChI=1S/C44H28F6N4O4/c1-21-16-27(53-39(55)31-10-4-25(18-34(31)41(53)57)26-6-14-38(52)36(19-26)44(48,49)50)7-11-29(21)30-12-8-28(20-35(30)43(45,46)47)54-40(56)32-9-3-24(17-33(32)42(54)58)23-5-13-37(51)22(2)15-23/h3-20H,51-52H2,1-2H3. The topological polar surface area (TPSA) is 127 Å². The number of rotatable bonds is 5. The minimum absolute atomic E-state index is 0.0124. The average Bonchev–Trinajstić information content (AvgIpc) is 3.57. The molecule has 0 spiro atoms. The van der Waals surface area contributed by atoms with Gasteiger partial charge in [0, 0.05) is 11.4 Å². The van der Waals surface area contributed by atoms with Crippen LogP contribution in [-0.4, -0.2) is 23.6 Å². The molecule has 0 fully saturated rings. The molecule has 0 saturated carbocycles. The second-order valence-corrected chi connectivity index (χ2v) is 14.0. The van der Waals surface area contributed by atoms with E-state index in [1.807, 2.05) is 13.0 Å². The molecule has 2 heterocycles. The number of fused-ring (bicyclic) bond motifs is 2. The third-order valence-corrected chi connectivity index (χ3v) is 10.4. The largest absolute Gasteiger partial charge is 0.418 e. The van der Waals surface area contributed by atoms with E-state index in [1.54, 1.807) is 18.2 Å². The highest BCUT2D eigenvalue weighted by atomic mass is 19.4. The van der Waals surface area contributed by atoms with Gasteiger partial charge in [-0.3, -0.25) is 19.2 Å². The number of nitrogens with zero attached hydrogens (tertiary/aromatic N) is 2. The molecule has 2 aliphatic heterocycles. The number of carbonyl (C=O) groups excluding carboxylic acids is 4. The van der Waals surface area contributed by atoms with E-state index in [4.69, 9.17) is 11.5 Å². The second kappa shape index (κ2) is 13.2. The fraction of sp³-hybridized carbons (Fsp3) is 0.0909. The molecular weight excluding hydrogens is 762 g/mol. The highest BCUT2D eigenvalue weighted by Gasteiger charge is 2.41. The number of hydrogen-bond donors (Lipinski definition) is 2. The minimum atomic E-state index is -4.94. The molecular formula is C44H28F6N4O4. The number of carbonyl (C=O) groups is 4. The number of hydrogen-bond acceptors (Lipinski definition) is 6. The van der Waals surface area contributed by atoms with Gasteiger partial charge in [0.25, 0.3) is 23.6 Å². The first-order valence-corrected chi connectivity index (χ1v) is 17.5. The van der Waals surface area contributed by atoms with E-state index in [0.29, 0.717) is 16.2 Å². The number of benzene rings is 6. The summed E-state index contributed by atoms with van der Waals surface area (Å²) < 4.78 is 84.9. The zero-order chi connectivity index (χ0) is 41.6. The van der Waals surface area contributed by atoms with Crippen molar-refractivity contribution in [3.63, 3.8) is 0 Å². The van der Waals surface area contributed by atoms with Gasteiger partial charge < -0.3 is 11.5 Å². The number of amides is 4. The van der Waals surface area contributed by atoms with Crippen LogP contribution >= 0.6 is 0 Å². The van der Waals surface area contributed by atoms with Crippen LogP contribution in [0.15, 0.2) is 109 Å². The Hall–Kier alpha value is -7.22. The van der Waals surface area contributed by atoms with Crippen molar-refractivity contribution < 1.29 is 45.5 Å². The van der Waals surface area contributed by atoms with Gasteiger partial charge in [-0.1, -0.05) is 36.4 Å². The number of imide groups is 2. The molecule has 8 rings (SSSR count). The molecule has 0 unspecified atom stereocenters. The van der Waals surface area contributed by atoms with Gasteiger partial charge in [-0.05, 0) is 131 Å². The van der Waals surface area contributed by atoms with Crippen molar-refractivity contribution in [2.45, 2.75) is 26.2 Å². The Labute approximate surface area is 325 Å². The Morgan fingerprint density at radius 2 is 0.810 bits per heavy atom. The van der Waals surface area contributed by atoms with Gasteiger partial charge in [-0.15, -0.1) is 0 Å². The monoisotopic (exact) mass is 790 g/mol. The summed E-state index contributed by atoms with van der Waals surface area (Å²) in [6.45, 7) is 3.31. The Bertz CT molecular complexity index is 2810. The van der Waals surface area contributed by atoms with Gasteiger partial charge in [-0.2, -0.15) is 26.3 Å². The first-order valence-electron chi connectivity index (χ1n) is 17.5. The molecule has 4 N–H and O–H groups in total.